The predicted octanol–water partition coefficient (Wildman–Crippen LogP) is 1.38. The van der Waals surface area contributed by atoms with Gasteiger partial charge in [-0.15, -0.1) is 0 Å². The lowest BCUT2D eigenvalue weighted by Gasteiger charge is -2.04. The molecule has 0 amide bonds. The van der Waals surface area contributed by atoms with Crippen LogP contribution in [0.25, 0.3) is 11.2 Å². The largest absolute Gasteiger partial charge is 0.330 e. The summed E-state index contributed by atoms with van der Waals surface area (Å²) in [4.78, 5) is 13.0. The monoisotopic (exact) mass is 253 g/mol. The second-order valence-electron chi connectivity index (χ2n) is 4.39. The minimum Gasteiger partial charge on any atom is -0.330 e. The molecule has 0 saturated carbocycles. The normalized spacial score (nSPS) is 11.0. The molecule has 0 atom stereocenters. The minimum atomic E-state index is 0.567. The Morgan fingerprint density at radius 1 is 1.05 bits per heavy atom. The first-order valence-electron chi connectivity index (χ1n) is 6.27. The van der Waals surface area contributed by atoms with Crippen LogP contribution >= 0.6 is 0 Å². The number of nitrogens with two attached hydrogens (primary N) is 1. The maximum atomic E-state index is 5.59. The van der Waals surface area contributed by atoms with E-state index in [4.69, 9.17) is 5.73 Å². The van der Waals surface area contributed by atoms with Gasteiger partial charge in [-0.2, -0.15) is 0 Å². The van der Waals surface area contributed by atoms with E-state index in [2.05, 4.69) is 27.1 Å². The molecule has 0 radical (unpaired) electrons. The highest BCUT2D eigenvalue weighted by molar-refractivity contribution is 5.73. The Morgan fingerprint density at radius 2 is 1.89 bits per heavy atom. The molecule has 0 aliphatic carbocycles. The topological polar surface area (TPSA) is 69.6 Å². The van der Waals surface area contributed by atoms with Crippen molar-refractivity contribution in [3.05, 3.63) is 54.2 Å². The Morgan fingerprint density at radius 3 is 2.68 bits per heavy atom. The zero-order chi connectivity index (χ0) is 13.1. The third-order valence-electron chi connectivity index (χ3n) is 3.05. The van der Waals surface area contributed by atoms with Crippen molar-refractivity contribution in [3.8, 4) is 0 Å². The van der Waals surface area contributed by atoms with Gasteiger partial charge >= 0.3 is 0 Å². The summed E-state index contributed by atoms with van der Waals surface area (Å²) in [5.74, 6) is 0. The van der Waals surface area contributed by atoms with E-state index in [1.54, 1.807) is 6.33 Å². The van der Waals surface area contributed by atoms with E-state index in [0.29, 0.717) is 6.54 Å². The smallest absolute Gasteiger partial charge is 0.163 e. The summed E-state index contributed by atoms with van der Waals surface area (Å²) < 4.78 is 2.03. The summed E-state index contributed by atoms with van der Waals surface area (Å²) in [6, 6.07) is 10.3. The van der Waals surface area contributed by atoms with Crippen molar-refractivity contribution in [2.45, 2.75) is 13.0 Å². The van der Waals surface area contributed by atoms with Crippen molar-refractivity contribution in [2.24, 2.45) is 5.73 Å². The van der Waals surface area contributed by atoms with Gasteiger partial charge in [0.25, 0.3) is 0 Å². The number of hydrogen-bond acceptors (Lipinski definition) is 4. The zero-order valence-electron chi connectivity index (χ0n) is 10.5. The molecule has 96 valence electrons. The number of hydrogen-bond donors (Lipinski definition) is 1. The standard InChI is InChI=1S/C14H15N5/c15-7-6-12-13-14(17-9-16-12)19(10-18-13)8-11-4-2-1-3-5-11/h1-5,9-10H,6-8,15H2. The first kappa shape index (κ1) is 11.8. The third-order valence-corrected chi connectivity index (χ3v) is 3.05. The van der Waals surface area contributed by atoms with Crippen LogP contribution in [0.4, 0.5) is 0 Å². The highest BCUT2D eigenvalue weighted by Crippen LogP contribution is 2.14. The van der Waals surface area contributed by atoms with E-state index >= 15 is 0 Å². The van der Waals surface area contributed by atoms with Gasteiger partial charge < -0.3 is 10.3 Å². The Hall–Kier alpha value is -2.27. The highest BCUT2D eigenvalue weighted by atomic mass is 15.1. The summed E-state index contributed by atoms with van der Waals surface area (Å²) >= 11 is 0. The van der Waals surface area contributed by atoms with Crippen molar-refractivity contribution < 1.29 is 0 Å². The lowest BCUT2D eigenvalue weighted by atomic mass is 10.2. The second-order valence-corrected chi connectivity index (χ2v) is 4.39. The third kappa shape index (κ3) is 2.32. The molecule has 0 spiro atoms. The van der Waals surface area contributed by atoms with Crippen LogP contribution in [0.15, 0.2) is 43.0 Å². The molecule has 1 aromatic carbocycles. The van der Waals surface area contributed by atoms with Crippen molar-refractivity contribution in [2.75, 3.05) is 6.54 Å². The van der Waals surface area contributed by atoms with Crippen LogP contribution in [0.5, 0.6) is 0 Å². The van der Waals surface area contributed by atoms with E-state index < -0.39 is 0 Å². The molecule has 0 fully saturated rings. The molecule has 3 rings (SSSR count). The van der Waals surface area contributed by atoms with Gasteiger partial charge in [0.2, 0.25) is 0 Å². The van der Waals surface area contributed by atoms with Crippen LogP contribution in [-0.2, 0) is 13.0 Å². The summed E-state index contributed by atoms with van der Waals surface area (Å²) in [7, 11) is 0. The molecule has 0 bridgehead atoms. The molecular weight excluding hydrogens is 238 g/mol. The summed E-state index contributed by atoms with van der Waals surface area (Å²) in [5, 5.41) is 0. The molecule has 2 N–H and O–H groups in total. The molecule has 2 heterocycles. The SMILES string of the molecule is NCCc1ncnc2c1ncn2Cc1ccccc1. The Labute approximate surface area is 111 Å². The molecule has 0 aliphatic rings. The van der Waals surface area contributed by atoms with Crippen LogP contribution in [0.3, 0.4) is 0 Å². The fraction of sp³-hybridized carbons (Fsp3) is 0.214. The van der Waals surface area contributed by atoms with Crippen LogP contribution in [0, 0.1) is 0 Å². The second kappa shape index (κ2) is 5.16. The van der Waals surface area contributed by atoms with Gasteiger partial charge in [-0.25, -0.2) is 15.0 Å². The molecule has 5 nitrogen and oxygen atoms in total. The van der Waals surface area contributed by atoms with Crippen molar-refractivity contribution in [1.82, 2.24) is 19.5 Å². The average molecular weight is 253 g/mol. The quantitative estimate of drug-likeness (QED) is 0.762. The minimum absolute atomic E-state index is 0.567. The molecule has 0 aliphatic heterocycles. The Bertz CT molecular complexity index is 675. The van der Waals surface area contributed by atoms with E-state index in [-0.39, 0.29) is 0 Å². The number of fused-ring (bicyclic) bond motifs is 1. The van der Waals surface area contributed by atoms with Crippen molar-refractivity contribution in [3.63, 3.8) is 0 Å². The number of aromatic nitrogens is 4. The number of imidazole rings is 1. The summed E-state index contributed by atoms with van der Waals surface area (Å²) in [6.07, 6.45) is 4.12. The number of rotatable bonds is 4. The predicted molar refractivity (Wildman–Crippen MR) is 73.6 cm³/mol. The number of nitrogens with zero attached hydrogens (tertiary/aromatic N) is 4. The molecule has 3 aromatic rings. The van der Waals surface area contributed by atoms with Gasteiger partial charge in [0.05, 0.1) is 18.6 Å². The molecule has 0 unspecified atom stereocenters. The van der Waals surface area contributed by atoms with Crippen LogP contribution in [0.2, 0.25) is 0 Å². The van der Waals surface area contributed by atoms with Gasteiger partial charge in [-0.1, -0.05) is 30.3 Å². The lowest BCUT2D eigenvalue weighted by molar-refractivity contribution is 0.812. The molecule has 19 heavy (non-hydrogen) atoms. The van der Waals surface area contributed by atoms with E-state index in [1.807, 2.05) is 29.1 Å². The van der Waals surface area contributed by atoms with Gasteiger partial charge in [-0.3, -0.25) is 0 Å². The van der Waals surface area contributed by atoms with Crippen molar-refractivity contribution in [1.29, 1.82) is 0 Å². The molecular formula is C14H15N5. The summed E-state index contributed by atoms with van der Waals surface area (Å²) in [5.41, 5.74) is 9.44. The van der Waals surface area contributed by atoms with E-state index in [1.165, 1.54) is 5.56 Å². The van der Waals surface area contributed by atoms with Gasteiger partial charge in [0.15, 0.2) is 5.65 Å². The van der Waals surface area contributed by atoms with Crippen LogP contribution in [0.1, 0.15) is 11.3 Å². The Balaban J connectivity index is 1.99. The van der Waals surface area contributed by atoms with Crippen molar-refractivity contribution >= 4 is 11.2 Å². The summed E-state index contributed by atoms with van der Waals surface area (Å²) in [6.45, 7) is 1.33. The fourth-order valence-electron chi connectivity index (χ4n) is 2.14. The van der Waals surface area contributed by atoms with E-state index in [9.17, 15) is 0 Å². The lowest BCUT2D eigenvalue weighted by Crippen LogP contribution is -2.06. The highest BCUT2D eigenvalue weighted by Gasteiger charge is 2.09. The maximum Gasteiger partial charge on any atom is 0.163 e. The number of benzene rings is 1. The first-order chi connectivity index (χ1) is 9.38. The van der Waals surface area contributed by atoms with Crippen LogP contribution in [-0.4, -0.2) is 26.1 Å². The van der Waals surface area contributed by atoms with Gasteiger partial charge in [-0.05, 0) is 12.1 Å². The Kier molecular flexibility index (Phi) is 3.20. The zero-order valence-corrected chi connectivity index (χ0v) is 10.5. The van der Waals surface area contributed by atoms with Gasteiger partial charge in [0.1, 0.15) is 11.8 Å². The molecule has 5 heteroatoms. The first-order valence-corrected chi connectivity index (χ1v) is 6.27. The van der Waals surface area contributed by atoms with E-state index in [0.717, 1.165) is 29.8 Å². The average Bonchev–Trinajstić information content (AvgIpc) is 2.85. The fourth-order valence-corrected chi connectivity index (χ4v) is 2.14. The molecule has 0 saturated heterocycles. The maximum absolute atomic E-state index is 5.59. The van der Waals surface area contributed by atoms with Gasteiger partial charge in [0, 0.05) is 6.42 Å². The van der Waals surface area contributed by atoms with Crippen LogP contribution < -0.4 is 5.73 Å². The molecule has 2 aromatic heterocycles.